The van der Waals surface area contributed by atoms with Gasteiger partial charge in [0.05, 0.1) is 0 Å². The van der Waals surface area contributed by atoms with Crippen molar-refractivity contribution in [2.45, 2.75) is 37.5 Å². The predicted molar refractivity (Wildman–Crippen MR) is 102 cm³/mol. The summed E-state index contributed by atoms with van der Waals surface area (Å²) >= 11 is 0. The van der Waals surface area contributed by atoms with Gasteiger partial charge in [-0.2, -0.15) is 0 Å². The summed E-state index contributed by atoms with van der Waals surface area (Å²) in [5.41, 5.74) is 4.85. The van der Waals surface area contributed by atoms with Crippen molar-refractivity contribution in [3.63, 3.8) is 0 Å². The van der Waals surface area contributed by atoms with Crippen molar-refractivity contribution in [3.05, 3.63) is 71.3 Å². The van der Waals surface area contributed by atoms with Gasteiger partial charge >= 0.3 is 0 Å². The Hall–Kier alpha value is -1.31. The maximum atomic E-state index is 2.37. The molecule has 0 amide bonds. The summed E-state index contributed by atoms with van der Waals surface area (Å²) in [7, 11) is 4.34. The van der Waals surface area contributed by atoms with Gasteiger partial charge in [-0.25, -0.2) is 0 Å². The SMILES string of the molecule is CN(C)CCCC1(c2ccccc2)CCCc2ccccc21.Cl. The molecule has 1 aliphatic rings. The number of hydrogen-bond donors (Lipinski definition) is 0. The summed E-state index contributed by atoms with van der Waals surface area (Å²) in [6.45, 7) is 1.16. The molecule has 0 fully saturated rings. The number of benzene rings is 2. The molecule has 0 bridgehead atoms. The fraction of sp³-hybridized carbons (Fsp3) is 0.429. The molecule has 23 heavy (non-hydrogen) atoms. The van der Waals surface area contributed by atoms with Crippen LogP contribution in [-0.2, 0) is 11.8 Å². The second kappa shape index (κ2) is 7.99. The van der Waals surface area contributed by atoms with Crippen LogP contribution in [0.2, 0.25) is 0 Å². The molecule has 1 atom stereocenters. The molecule has 2 aromatic carbocycles. The lowest BCUT2D eigenvalue weighted by Crippen LogP contribution is -2.33. The van der Waals surface area contributed by atoms with Gasteiger partial charge in [0, 0.05) is 5.41 Å². The molecule has 0 N–H and O–H groups in total. The van der Waals surface area contributed by atoms with Gasteiger partial charge in [-0.3, -0.25) is 0 Å². The van der Waals surface area contributed by atoms with Crippen LogP contribution in [0.3, 0.4) is 0 Å². The molecule has 1 nitrogen and oxygen atoms in total. The lowest BCUT2D eigenvalue weighted by Gasteiger charge is -2.40. The summed E-state index contributed by atoms with van der Waals surface area (Å²) in [6, 6.07) is 20.3. The Morgan fingerprint density at radius 2 is 1.65 bits per heavy atom. The number of hydrogen-bond acceptors (Lipinski definition) is 1. The van der Waals surface area contributed by atoms with Crippen LogP contribution < -0.4 is 0 Å². The van der Waals surface area contributed by atoms with Gasteiger partial charge in [-0.1, -0.05) is 54.6 Å². The van der Waals surface area contributed by atoms with Gasteiger partial charge in [0.2, 0.25) is 0 Å². The second-order valence-electron chi connectivity index (χ2n) is 6.87. The maximum Gasteiger partial charge on any atom is 0.0206 e. The summed E-state index contributed by atoms with van der Waals surface area (Å²) in [5, 5.41) is 0. The number of nitrogens with zero attached hydrogens (tertiary/aromatic N) is 1. The van der Waals surface area contributed by atoms with Gasteiger partial charge < -0.3 is 4.90 Å². The van der Waals surface area contributed by atoms with Crippen LogP contribution >= 0.6 is 12.4 Å². The van der Waals surface area contributed by atoms with Crippen molar-refractivity contribution in [1.82, 2.24) is 4.90 Å². The zero-order valence-electron chi connectivity index (χ0n) is 14.3. The molecule has 1 aliphatic carbocycles. The number of aryl methyl sites for hydroxylation is 1. The zero-order valence-corrected chi connectivity index (χ0v) is 15.1. The molecule has 2 aromatic rings. The molecule has 3 rings (SSSR count). The van der Waals surface area contributed by atoms with Crippen molar-refractivity contribution in [2.75, 3.05) is 20.6 Å². The highest BCUT2D eigenvalue weighted by molar-refractivity contribution is 5.85. The zero-order chi connectivity index (χ0) is 15.4. The molecular weight excluding hydrogens is 302 g/mol. The van der Waals surface area contributed by atoms with E-state index in [0.717, 1.165) is 6.54 Å². The van der Waals surface area contributed by atoms with Gasteiger partial charge in [-0.05, 0) is 69.4 Å². The Morgan fingerprint density at radius 1 is 0.957 bits per heavy atom. The third kappa shape index (κ3) is 3.79. The molecule has 1 unspecified atom stereocenters. The summed E-state index contributed by atoms with van der Waals surface area (Å²) in [6.07, 6.45) is 6.30. The lowest BCUT2D eigenvalue weighted by molar-refractivity contribution is 0.337. The van der Waals surface area contributed by atoms with E-state index < -0.39 is 0 Å². The Labute approximate surface area is 147 Å². The molecular formula is C21H28ClN. The first kappa shape index (κ1) is 18.0. The fourth-order valence-electron chi connectivity index (χ4n) is 4.08. The van der Waals surface area contributed by atoms with E-state index in [4.69, 9.17) is 0 Å². The van der Waals surface area contributed by atoms with Crippen LogP contribution in [0.15, 0.2) is 54.6 Å². The molecule has 0 radical (unpaired) electrons. The van der Waals surface area contributed by atoms with E-state index in [9.17, 15) is 0 Å². The molecule has 0 spiro atoms. The average molecular weight is 330 g/mol. The molecule has 2 heteroatoms. The van der Waals surface area contributed by atoms with E-state index in [1.54, 1.807) is 11.1 Å². The first-order valence-electron chi connectivity index (χ1n) is 8.51. The highest BCUT2D eigenvalue weighted by Crippen LogP contribution is 2.45. The summed E-state index contributed by atoms with van der Waals surface area (Å²) in [4.78, 5) is 2.30. The monoisotopic (exact) mass is 329 g/mol. The number of halogens is 1. The topological polar surface area (TPSA) is 3.24 Å². The van der Waals surface area contributed by atoms with Crippen LogP contribution in [0.1, 0.15) is 42.4 Å². The van der Waals surface area contributed by atoms with E-state index >= 15 is 0 Å². The largest absolute Gasteiger partial charge is 0.309 e. The normalized spacial score (nSPS) is 20.0. The smallest absolute Gasteiger partial charge is 0.0206 e. The minimum Gasteiger partial charge on any atom is -0.309 e. The highest BCUT2D eigenvalue weighted by Gasteiger charge is 2.37. The lowest BCUT2D eigenvalue weighted by atomic mass is 9.64. The van der Waals surface area contributed by atoms with Crippen molar-refractivity contribution in [2.24, 2.45) is 0 Å². The van der Waals surface area contributed by atoms with E-state index in [1.807, 2.05) is 0 Å². The Balaban J connectivity index is 0.00000192. The predicted octanol–water partition coefficient (Wildman–Crippen LogP) is 5.07. The standard InChI is InChI=1S/C21H27N.ClH/c1-22(2)17-9-16-21(19-12-4-3-5-13-19)15-8-11-18-10-6-7-14-20(18)21;/h3-7,10,12-14H,8-9,11,15-17H2,1-2H3;1H. The van der Waals surface area contributed by atoms with Crippen molar-refractivity contribution in [3.8, 4) is 0 Å². The second-order valence-corrected chi connectivity index (χ2v) is 6.87. The maximum absolute atomic E-state index is 2.37. The van der Waals surface area contributed by atoms with Crippen molar-refractivity contribution < 1.29 is 0 Å². The van der Waals surface area contributed by atoms with Crippen LogP contribution in [-0.4, -0.2) is 25.5 Å². The average Bonchev–Trinajstić information content (AvgIpc) is 2.55. The fourth-order valence-corrected chi connectivity index (χ4v) is 4.08. The third-order valence-electron chi connectivity index (χ3n) is 5.12. The van der Waals surface area contributed by atoms with Crippen LogP contribution in [0.25, 0.3) is 0 Å². The van der Waals surface area contributed by atoms with Gasteiger partial charge in [0.15, 0.2) is 0 Å². The summed E-state index contributed by atoms with van der Waals surface area (Å²) < 4.78 is 0. The van der Waals surface area contributed by atoms with Gasteiger partial charge in [0.25, 0.3) is 0 Å². The quantitative estimate of drug-likeness (QED) is 0.740. The molecule has 0 saturated carbocycles. The number of rotatable bonds is 5. The molecule has 0 saturated heterocycles. The first-order valence-corrected chi connectivity index (χ1v) is 8.51. The van der Waals surface area contributed by atoms with E-state index in [0.29, 0.717) is 0 Å². The minimum atomic E-state index is 0. The highest BCUT2D eigenvalue weighted by atomic mass is 35.5. The molecule has 0 heterocycles. The Kier molecular flexibility index (Phi) is 6.26. The van der Waals surface area contributed by atoms with Crippen molar-refractivity contribution in [1.29, 1.82) is 0 Å². The first-order chi connectivity index (χ1) is 10.7. The van der Waals surface area contributed by atoms with Crippen LogP contribution in [0.4, 0.5) is 0 Å². The van der Waals surface area contributed by atoms with Crippen LogP contribution in [0.5, 0.6) is 0 Å². The minimum absolute atomic E-state index is 0. The van der Waals surface area contributed by atoms with E-state index in [-0.39, 0.29) is 17.8 Å². The molecule has 124 valence electrons. The van der Waals surface area contributed by atoms with E-state index in [2.05, 4.69) is 73.6 Å². The van der Waals surface area contributed by atoms with Crippen molar-refractivity contribution >= 4 is 12.4 Å². The Bertz CT molecular complexity index is 608. The van der Waals surface area contributed by atoms with Gasteiger partial charge in [-0.15, -0.1) is 12.4 Å². The van der Waals surface area contributed by atoms with E-state index in [1.165, 1.54) is 37.7 Å². The van der Waals surface area contributed by atoms with Gasteiger partial charge in [0.1, 0.15) is 0 Å². The molecule has 0 aromatic heterocycles. The number of fused-ring (bicyclic) bond motifs is 1. The Morgan fingerprint density at radius 3 is 2.39 bits per heavy atom. The van der Waals surface area contributed by atoms with Crippen LogP contribution in [0, 0.1) is 0 Å². The third-order valence-corrected chi connectivity index (χ3v) is 5.12. The molecule has 0 aliphatic heterocycles. The summed E-state index contributed by atoms with van der Waals surface area (Å²) in [5.74, 6) is 0.